The predicted molar refractivity (Wildman–Crippen MR) is 67.7 cm³/mol. The van der Waals surface area contributed by atoms with E-state index in [0.29, 0.717) is 0 Å². The van der Waals surface area contributed by atoms with Gasteiger partial charge in [0.25, 0.3) is 0 Å². The fourth-order valence-corrected chi connectivity index (χ4v) is 4.51. The van der Waals surface area contributed by atoms with Gasteiger partial charge in [-0.05, 0) is 55.8 Å². The van der Waals surface area contributed by atoms with E-state index >= 15 is 0 Å². The molecule has 0 heterocycles. The lowest BCUT2D eigenvalue weighted by Gasteiger charge is -2.53. The van der Waals surface area contributed by atoms with Gasteiger partial charge in [-0.1, -0.05) is 12.2 Å². The van der Waals surface area contributed by atoms with Crippen LogP contribution in [0.2, 0.25) is 0 Å². The van der Waals surface area contributed by atoms with Gasteiger partial charge in [-0.25, -0.2) is 0 Å². The molecule has 0 amide bonds. The van der Waals surface area contributed by atoms with Crippen molar-refractivity contribution in [3.05, 3.63) is 12.2 Å². The molecule has 0 saturated heterocycles. The Balaban J connectivity index is 1.66. The Kier molecular flexibility index (Phi) is 3.27. The van der Waals surface area contributed by atoms with Crippen molar-refractivity contribution in [2.24, 2.45) is 35.5 Å². The number of rotatable bonds is 6. The average Bonchev–Trinajstić information content (AvgIpc) is 2.87. The zero-order valence-electron chi connectivity index (χ0n) is 11.0. The molecule has 96 valence electrons. The maximum Gasteiger partial charge on any atom is 0.0500 e. The van der Waals surface area contributed by atoms with Crippen LogP contribution in [0.15, 0.2) is 12.2 Å². The minimum atomic E-state index is 0.756. The van der Waals surface area contributed by atoms with Gasteiger partial charge in [0.2, 0.25) is 0 Å². The minimum absolute atomic E-state index is 0.756. The molecule has 0 N–H and O–H groups in total. The number of fused-ring (bicyclic) bond motifs is 5. The summed E-state index contributed by atoms with van der Waals surface area (Å²) < 4.78 is 11.4. The average molecular weight is 236 g/mol. The highest BCUT2D eigenvalue weighted by Crippen LogP contribution is 2.63. The molecule has 4 unspecified atom stereocenters. The zero-order valence-corrected chi connectivity index (χ0v) is 11.0. The summed E-state index contributed by atoms with van der Waals surface area (Å²) in [5.41, 5.74) is 0. The van der Waals surface area contributed by atoms with Crippen LogP contribution in [0.3, 0.4) is 0 Å². The van der Waals surface area contributed by atoms with Crippen molar-refractivity contribution in [3.8, 4) is 0 Å². The van der Waals surface area contributed by atoms with Crippen LogP contribution < -0.4 is 0 Å². The van der Waals surface area contributed by atoms with Gasteiger partial charge in [-0.3, -0.25) is 0 Å². The van der Waals surface area contributed by atoms with E-state index in [2.05, 4.69) is 26.0 Å². The first-order chi connectivity index (χ1) is 8.36. The SMILES string of the molecule is CCOC[C@H]1C2C3C=CC(C3)C2[C@@H]1COCC. The molecular weight excluding hydrogens is 212 g/mol. The van der Waals surface area contributed by atoms with Crippen LogP contribution in [-0.2, 0) is 9.47 Å². The minimum Gasteiger partial charge on any atom is -0.381 e. The Labute approximate surface area is 104 Å². The van der Waals surface area contributed by atoms with Crippen LogP contribution in [0.25, 0.3) is 0 Å². The van der Waals surface area contributed by atoms with Gasteiger partial charge in [-0.15, -0.1) is 0 Å². The van der Waals surface area contributed by atoms with Crippen LogP contribution >= 0.6 is 0 Å². The monoisotopic (exact) mass is 236 g/mol. The highest BCUT2D eigenvalue weighted by atomic mass is 16.5. The molecule has 0 spiro atoms. The van der Waals surface area contributed by atoms with E-state index in [4.69, 9.17) is 9.47 Å². The Hall–Kier alpha value is -0.340. The lowest BCUT2D eigenvalue weighted by molar-refractivity contribution is -0.109. The van der Waals surface area contributed by atoms with Crippen molar-refractivity contribution >= 4 is 0 Å². The van der Waals surface area contributed by atoms with E-state index < -0.39 is 0 Å². The molecule has 2 fully saturated rings. The maximum absolute atomic E-state index is 5.68. The summed E-state index contributed by atoms with van der Waals surface area (Å²) in [5.74, 6) is 5.03. The zero-order chi connectivity index (χ0) is 11.8. The molecule has 0 aromatic heterocycles. The standard InChI is InChI=1S/C15H24O2/c1-3-16-8-12-13(9-17-4-2)15-11-6-5-10(7-11)14(12)15/h5-6,10-15H,3-4,7-9H2,1-2H3/t10?,11?,12-,13-,14?,15?/m1/s1. The van der Waals surface area contributed by atoms with E-state index in [9.17, 15) is 0 Å². The first kappa shape index (κ1) is 11.7. The molecule has 0 radical (unpaired) electrons. The second kappa shape index (κ2) is 4.74. The second-order valence-corrected chi connectivity index (χ2v) is 5.75. The predicted octanol–water partition coefficient (Wildman–Crippen LogP) is 2.74. The Morgan fingerprint density at radius 1 is 0.882 bits per heavy atom. The van der Waals surface area contributed by atoms with E-state index in [1.54, 1.807) is 0 Å². The normalized spacial score (nSPS) is 46.0. The fourth-order valence-electron chi connectivity index (χ4n) is 4.51. The lowest BCUT2D eigenvalue weighted by Crippen LogP contribution is -2.52. The van der Waals surface area contributed by atoms with Crippen LogP contribution in [-0.4, -0.2) is 26.4 Å². The largest absolute Gasteiger partial charge is 0.381 e. The van der Waals surface area contributed by atoms with Crippen LogP contribution in [0.1, 0.15) is 20.3 Å². The van der Waals surface area contributed by atoms with Crippen molar-refractivity contribution in [1.82, 2.24) is 0 Å². The molecule has 17 heavy (non-hydrogen) atoms. The third-order valence-corrected chi connectivity index (χ3v) is 5.15. The number of hydrogen-bond acceptors (Lipinski definition) is 2. The molecule has 0 aliphatic heterocycles. The van der Waals surface area contributed by atoms with Gasteiger partial charge in [0.1, 0.15) is 0 Å². The van der Waals surface area contributed by atoms with Crippen molar-refractivity contribution in [2.45, 2.75) is 20.3 Å². The summed E-state index contributed by atoms with van der Waals surface area (Å²) in [6.07, 6.45) is 6.32. The van der Waals surface area contributed by atoms with Gasteiger partial charge in [0, 0.05) is 13.2 Å². The number of hydrogen-bond donors (Lipinski definition) is 0. The summed E-state index contributed by atoms with van der Waals surface area (Å²) in [5, 5.41) is 0. The summed E-state index contributed by atoms with van der Waals surface area (Å²) in [7, 11) is 0. The first-order valence-electron chi connectivity index (χ1n) is 7.20. The van der Waals surface area contributed by atoms with Gasteiger partial charge >= 0.3 is 0 Å². The highest BCUT2D eigenvalue weighted by Gasteiger charge is 2.60. The van der Waals surface area contributed by atoms with Gasteiger partial charge in [0.15, 0.2) is 0 Å². The van der Waals surface area contributed by atoms with Crippen LogP contribution in [0, 0.1) is 35.5 Å². The van der Waals surface area contributed by atoms with Crippen molar-refractivity contribution in [3.63, 3.8) is 0 Å². The van der Waals surface area contributed by atoms with Crippen molar-refractivity contribution in [2.75, 3.05) is 26.4 Å². The topological polar surface area (TPSA) is 18.5 Å². The smallest absolute Gasteiger partial charge is 0.0500 e. The van der Waals surface area contributed by atoms with Crippen molar-refractivity contribution < 1.29 is 9.47 Å². The molecule has 0 aromatic rings. The third-order valence-electron chi connectivity index (χ3n) is 5.15. The summed E-state index contributed by atoms with van der Waals surface area (Å²) in [4.78, 5) is 0. The quantitative estimate of drug-likeness (QED) is 0.660. The van der Waals surface area contributed by atoms with Gasteiger partial charge < -0.3 is 9.47 Å². The maximum atomic E-state index is 5.68. The molecule has 3 rings (SSSR count). The van der Waals surface area contributed by atoms with E-state index in [0.717, 1.165) is 61.9 Å². The molecule has 3 aliphatic carbocycles. The van der Waals surface area contributed by atoms with Crippen molar-refractivity contribution in [1.29, 1.82) is 0 Å². The van der Waals surface area contributed by atoms with Crippen LogP contribution in [0.5, 0.6) is 0 Å². The van der Waals surface area contributed by atoms with E-state index in [1.165, 1.54) is 6.42 Å². The lowest BCUT2D eigenvalue weighted by atomic mass is 9.53. The molecule has 2 nitrogen and oxygen atoms in total. The Morgan fingerprint density at radius 2 is 1.35 bits per heavy atom. The summed E-state index contributed by atoms with van der Waals surface area (Å²) >= 11 is 0. The Morgan fingerprint density at radius 3 is 1.76 bits per heavy atom. The molecule has 2 bridgehead atoms. The highest BCUT2D eigenvalue weighted by molar-refractivity contribution is 5.21. The first-order valence-corrected chi connectivity index (χ1v) is 7.20. The van der Waals surface area contributed by atoms with Crippen LogP contribution in [0.4, 0.5) is 0 Å². The molecule has 3 aliphatic rings. The number of allylic oxidation sites excluding steroid dienone is 2. The molecule has 2 heteroatoms. The second-order valence-electron chi connectivity index (χ2n) is 5.75. The van der Waals surface area contributed by atoms with E-state index in [1.807, 2.05) is 0 Å². The van der Waals surface area contributed by atoms with Gasteiger partial charge in [0.05, 0.1) is 13.2 Å². The fraction of sp³-hybridized carbons (Fsp3) is 0.867. The molecule has 2 saturated carbocycles. The third kappa shape index (κ3) is 1.77. The number of ether oxygens (including phenoxy) is 2. The van der Waals surface area contributed by atoms with Gasteiger partial charge in [-0.2, -0.15) is 0 Å². The molecule has 6 atom stereocenters. The van der Waals surface area contributed by atoms with E-state index in [-0.39, 0.29) is 0 Å². The Bertz CT molecular complexity index is 271. The summed E-state index contributed by atoms with van der Waals surface area (Å²) in [6.45, 7) is 7.78. The molecular formula is C15H24O2. The summed E-state index contributed by atoms with van der Waals surface area (Å²) in [6, 6.07) is 0. The molecule has 0 aromatic carbocycles.